The maximum absolute atomic E-state index is 14.3. The van der Waals surface area contributed by atoms with Gasteiger partial charge in [-0.3, -0.25) is 4.90 Å². The van der Waals surface area contributed by atoms with E-state index in [9.17, 15) is 9.18 Å². The van der Waals surface area contributed by atoms with Crippen molar-refractivity contribution in [2.75, 3.05) is 19.1 Å². The first-order chi connectivity index (χ1) is 14.7. The number of halogens is 1. The molecule has 0 aliphatic heterocycles. The number of hydrogen-bond acceptors (Lipinski definition) is 5. The van der Waals surface area contributed by atoms with Crippen molar-refractivity contribution in [2.45, 2.75) is 38.9 Å². The highest BCUT2D eigenvalue weighted by molar-refractivity contribution is 5.86. The molecule has 1 amide bonds. The predicted molar refractivity (Wildman–Crippen MR) is 117 cm³/mol. The molecule has 3 rings (SSSR count). The van der Waals surface area contributed by atoms with Crippen molar-refractivity contribution in [3.63, 3.8) is 0 Å². The lowest BCUT2D eigenvalue weighted by molar-refractivity contribution is 0.0588. The number of carbonyl (C=O) groups is 1. The normalized spacial score (nSPS) is 15.4. The van der Waals surface area contributed by atoms with Gasteiger partial charge in [0.2, 0.25) is 5.95 Å². The van der Waals surface area contributed by atoms with E-state index in [2.05, 4.69) is 16.8 Å². The highest BCUT2D eigenvalue weighted by atomic mass is 19.1. The fourth-order valence-corrected chi connectivity index (χ4v) is 2.84. The highest BCUT2D eigenvalue weighted by Gasteiger charge is 2.21. The van der Waals surface area contributed by atoms with Gasteiger partial charge in [0, 0.05) is 19.4 Å². The molecule has 31 heavy (non-hydrogen) atoms. The van der Waals surface area contributed by atoms with E-state index in [0.717, 1.165) is 22.0 Å². The first-order valence-corrected chi connectivity index (χ1v) is 9.82. The molecule has 1 atom stereocenters. The van der Waals surface area contributed by atoms with E-state index in [-0.39, 0.29) is 17.5 Å². The van der Waals surface area contributed by atoms with Crippen LogP contribution >= 0.6 is 0 Å². The summed E-state index contributed by atoms with van der Waals surface area (Å²) in [6.45, 7) is 5.26. The Balaban J connectivity index is 1.70. The SMILES string of the molecule is COC1C=c2cc(/C=C/C#Cc3ccc(N(C)C(=O)OC(C)(C)C)nc3F)oc2=CC1. The van der Waals surface area contributed by atoms with Crippen LogP contribution in [0.25, 0.3) is 18.2 Å². The number of allylic oxidation sites excluding steroid dienone is 1. The smallest absolute Gasteiger partial charge is 0.415 e. The molecule has 1 unspecified atom stereocenters. The lowest BCUT2D eigenvalue weighted by atomic mass is 10.1. The van der Waals surface area contributed by atoms with Crippen molar-refractivity contribution >= 4 is 30.1 Å². The fraction of sp³-hybridized carbons (Fsp3) is 0.333. The minimum Gasteiger partial charge on any atom is -0.457 e. The van der Waals surface area contributed by atoms with Gasteiger partial charge >= 0.3 is 6.09 Å². The van der Waals surface area contributed by atoms with Crippen LogP contribution in [0, 0.1) is 17.8 Å². The maximum Gasteiger partial charge on any atom is 0.415 e. The number of aromatic nitrogens is 1. The van der Waals surface area contributed by atoms with E-state index in [1.54, 1.807) is 40.0 Å². The topological polar surface area (TPSA) is 64.8 Å². The van der Waals surface area contributed by atoms with E-state index >= 15 is 0 Å². The summed E-state index contributed by atoms with van der Waals surface area (Å²) in [7, 11) is 3.14. The minimum atomic E-state index is -0.767. The van der Waals surface area contributed by atoms with Crippen LogP contribution in [0.3, 0.4) is 0 Å². The Bertz CT molecular complexity index is 1180. The lowest BCUT2D eigenvalue weighted by Gasteiger charge is -2.24. The summed E-state index contributed by atoms with van der Waals surface area (Å²) in [5, 5.41) is 0.977. The van der Waals surface area contributed by atoms with Gasteiger partial charge in [0.25, 0.3) is 0 Å². The second kappa shape index (κ2) is 9.19. The summed E-state index contributed by atoms with van der Waals surface area (Å²) >= 11 is 0. The van der Waals surface area contributed by atoms with Gasteiger partial charge in [-0.15, -0.1) is 0 Å². The first kappa shape index (κ1) is 22.3. The van der Waals surface area contributed by atoms with Crippen LogP contribution in [0.1, 0.15) is 38.5 Å². The van der Waals surface area contributed by atoms with Gasteiger partial charge in [0.05, 0.1) is 11.7 Å². The number of methoxy groups -OCH3 is 1. The van der Waals surface area contributed by atoms with Crippen LogP contribution in [0.4, 0.5) is 15.0 Å². The van der Waals surface area contributed by atoms with Gasteiger partial charge in [-0.05, 0) is 69.7 Å². The molecule has 0 N–H and O–H groups in total. The number of anilines is 1. The van der Waals surface area contributed by atoms with Crippen molar-refractivity contribution in [1.29, 1.82) is 0 Å². The Morgan fingerprint density at radius 2 is 2.16 bits per heavy atom. The predicted octanol–water partition coefficient (Wildman–Crippen LogP) is 3.23. The van der Waals surface area contributed by atoms with Crippen LogP contribution in [0.15, 0.2) is 28.7 Å². The van der Waals surface area contributed by atoms with E-state index in [1.165, 1.54) is 19.2 Å². The summed E-state index contributed by atoms with van der Waals surface area (Å²) in [5.74, 6) is 5.50. The number of carbonyl (C=O) groups excluding carboxylic acids is 1. The van der Waals surface area contributed by atoms with Gasteiger partial charge < -0.3 is 13.9 Å². The van der Waals surface area contributed by atoms with Crippen molar-refractivity contribution in [2.24, 2.45) is 0 Å². The number of pyridine rings is 1. The van der Waals surface area contributed by atoms with Gasteiger partial charge in [0.1, 0.15) is 22.6 Å². The molecular formula is C24H25FN2O4. The molecule has 2 aromatic rings. The van der Waals surface area contributed by atoms with Crippen LogP contribution in [-0.4, -0.2) is 36.9 Å². The monoisotopic (exact) mass is 424 g/mol. The molecule has 0 bridgehead atoms. The van der Waals surface area contributed by atoms with Crippen LogP contribution in [0.5, 0.6) is 0 Å². The summed E-state index contributed by atoms with van der Waals surface area (Å²) in [6.07, 6.45) is 7.50. The zero-order valence-electron chi connectivity index (χ0n) is 18.2. The number of nitrogens with zero attached hydrogens (tertiary/aromatic N) is 2. The molecule has 2 aromatic heterocycles. The molecule has 0 radical (unpaired) electrons. The average Bonchev–Trinajstić information content (AvgIpc) is 3.12. The quantitative estimate of drug-likeness (QED) is 0.559. The van der Waals surface area contributed by atoms with Gasteiger partial charge in [-0.2, -0.15) is 4.39 Å². The minimum absolute atomic E-state index is 0.0505. The summed E-state index contributed by atoms with van der Waals surface area (Å²) in [6, 6.07) is 4.89. The molecule has 0 saturated carbocycles. The van der Waals surface area contributed by atoms with E-state index in [0.29, 0.717) is 5.76 Å². The Morgan fingerprint density at radius 3 is 2.84 bits per heavy atom. The lowest BCUT2D eigenvalue weighted by Crippen LogP contribution is -2.34. The maximum atomic E-state index is 14.3. The number of fused-ring (bicyclic) bond motifs is 1. The summed E-state index contributed by atoms with van der Waals surface area (Å²) in [4.78, 5) is 17.1. The fourth-order valence-electron chi connectivity index (χ4n) is 2.84. The number of amides is 1. The van der Waals surface area contributed by atoms with Crippen molar-refractivity contribution in [3.05, 3.63) is 52.2 Å². The number of ether oxygens (including phenoxy) is 2. The van der Waals surface area contributed by atoms with Gasteiger partial charge in [-0.25, -0.2) is 9.78 Å². The third kappa shape index (κ3) is 5.83. The summed E-state index contributed by atoms with van der Waals surface area (Å²) < 4.78 is 30.7. The molecular weight excluding hydrogens is 399 g/mol. The molecule has 1 aliphatic rings. The second-order valence-electron chi connectivity index (χ2n) is 8.00. The Morgan fingerprint density at radius 1 is 1.39 bits per heavy atom. The van der Waals surface area contributed by atoms with Gasteiger partial charge in [0.15, 0.2) is 0 Å². The molecule has 6 nitrogen and oxygen atoms in total. The standard InChI is InChI=1S/C24H25FN2O4/c1-24(2,3)31-23(28)27(4)21-13-10-16(22(25)26-21)8-6-7-9-19-15-17-14-18(29-5)11-12-20(17)30-19/h7,9-10,12-15,18H,11H2,1-5H3/b9-7+. The molecule has 2 heterocycles. The molecule has 0 spiro atoms. The van der Waals surface area contributed by atoms with Crippen molar-refractivity contribution in [1.82, 2.24) is 4.98 Å². The summed E-state index contributed by atoms with van der Waals surface area (Å²) in [5.41, 5.74) is 0.270. The van der Waals surface area contributed by atoms with E-state index in [4.69, 9.17) is 13.9 Å². The molecule has 0 aromatic carbocycles. The molecule has 0 saturated heterocycles. The van der Waals surface area contributed by atoms with E-state index < -0.39 is 17.6 Å². The van der Waals surface area contributed by atoms with Crippen molar-refractivity contribution in [3.8, 4) is 11.8 Å². The zero-order valence-corrected chi connectivity index (χ0v) is 18.2. The van der Waals surface area contributed by atoms with E-state index in [1.807, 2.05) is 18.2 Å². The first-order valence-electron chi connectivity index (χ1n) is 9.82. The highest BCUT2D eigenvalue weighted by Crippen LogP contribution is 2.16. The molecule has 162 valence electrons. The van der Waals surface area contributed by atoms with Crippen LogP contribution in [0.2, 0.25) is 0 Å². The number of rotatable bonds is 3. The molecule has 7 heteroatoms. The Kier molecular flexibility index (Phi) is 6.62. The Hall–Kier alpha value is -3.37. The largest absolute Gasteiger partial charge is 0.457 e. The molecule has 0 fully saturated rings. The third-order valence-corrected chi connectivity index (χ3v) is 4.40. The van der Waals surface area contributed by atoms with Crippen LogP contribution < -0.4 is 15.5 Å². The number of hydrogen-bond donors (Lipinski definition) is 0. The van der Waals surface area contributed by atoms with Gasteiger partial charge in [-0.1, -0.05) is 11.8 Å². The van der Waals surface area contributed by atoms with Crippen molar-refractivity contribution < 1.29 is 23.1 Å². The molecule has 1 aliphatic carbocycles. The number of furan rings is 1. The third-order valence-electron chi connectivity index (χ3n) is 4.40. The second-order valence-corrected chi connectivity index (χ2v) is 8.00. The average molecular weight is 424 g/mol. The Labute approximate surface area is 180 Å². The van der Waals surface area contributed by atoms with Crippen LogP contribution in [-0.2, 0) is 9.47 Å². The zero-order chi connectivity index (χ0) is 22.6.